The minimum absolute atomic E-state index is 0.108. The molecule has 0 unspecified atom stereocenters. The zero-order valence-corrected chi connectivity index (χ0v) is 54.8. The Kier molecular flexibility index (Phi) is 18.4. The number of aliphatic hydroxyl groups excluding tert-OH is 2. The second-order valence-corrected chi connectivity index (χ2v) is 32.8. The average Bonchev–Trinajstić information content (AvgIpc) is 1.62. The maximum atomic E-state index is 13.6. The molecular weight excluding hydrogens is 1260 g/mol. The van der Waals surface area contributed by atoms with Crippen LogP contribution in [0.3, 0.4) is 0 Å². The molecule has 90 heavy (non-hydrogen) atoms. The standard InChI is InChI=1S/2C34H38ClN3O5S2/c2*35-25-9-11-28-22(16-25)4-3-13-34(28)20-38-19-24-7-10-27(24)30(39)6-2-1-5-26(18-32-36-14-15-44-32)45(41,42)37-33(40)23-8-12-31(43-21-34)29(38)17-23/h2*2,6,8-9,11-12,14-17,24,26-27,30,39H,1,3-5,7,10,13,18-21H2,(H,37,40)/b2*6-2-/t24-,26+,27+,30-,34-;24-,26-,27+,30-,34-/m00/s1. The molecule has 2 fully saturated rings. The van der Waals surface area contributed by atoms with Crippen LogP contribution in [0.4, 0.5) is 11.4 Å². The molecule has 4 bridgehead atoms. The fourth-order valence-electron chi connectivity index (χ4n) is 15.3. The zero-order chi connectivity index (χ0) is 62.4. The molecule has 22 heteroatoms. The largest absolute Gasteiger partial charge is 0.490 e. The maximum Gasteiger partial charge on any atom is 0.264 e. The smallest absolute Gasteiger partial charge is 0.264 e. The summed E-state index contributed by atoms with van der Waals surface area (Å²) in [7, 11) is -8.07. The number of aromatic nitrogens is 2. The van der Waals surface area contributed by atoms with Crippen molar-refractivity contribution in [1.29, 1.82) is 0 Å². The van der Waals surface area contributed by atoms with Crippen LogP contribution >= 0.6 is 45.9 Å². The number of anilines is 2. The lowest BCUT2D eigenvalue weighted by atomic mass is 9.68. The van der Waals surface area contributed by atoms with E-state index in [-0.39, 0.29) is 58.5 Å². The second kappa shape index (κ2) is 26.3. The van der Waals surface area contributed by atoms with Crippen LogP contribution in [-0.4, -0.2) is 111 Å². The molecule has 2 aromatic heterocycles. The van der Waals surface area contributed by atoms with Gasteiger partial charge in [-0.1, -0.05) is 59.6 Å². The van der Waals surface area contributed by atoms with Crippen molar-refractivity contribution in [1.82, 2.24) is 19.4 Å². The highest BCUT2D eigenvalue weighted by Gasteiger charge is 2.47. The molecule has 10 atom stereocenters. The van der Waals surface area contributed by atoms with Gasteiger partial charge in [0.05, 0.1) is 57.3 Å². The Balaban J connectivity index is 0.000000165. The Morgan fingerprint density at radius 3 is 1.43 bits per heavy atom. The first-order chi connectivity index (χ1) is 43.4. The van der Waals surface area contributed by atoms with Crippen molar-refractivity contribution in [3.63, 3.8) is 0 Å². The van der Waals surface area contributed by atoms with E-state index in [2.05, 4.69) is 53.5 Å². The molecule has 6 aromatic rings. The monoisotopic (exact) mass is 1330 g/mol. The van der Waals surface area contributed by atoms with Gasteiger partial charge in [0.2, 0.25) is 20.0 Å². The number of halogens is 2. The molecule has 4 aliphatic heterocycles. The third kappa shape index (κ3) is 13.2. The Morgan fingerprint density at radius 1 is 0.589 bits per heavy atom. The molecule has 2 saturated carbocycles. The van der Waals surface area contributed by atoms with E-state index in [9.17, 15) is 36.6 Å². The summed E-state index contributed by atoms with van der Waals surface area (Å²) < 4.78 is 72.3. The number of hydrogen-bond acceptors (Lipinski definition) is 16. The van der Waals surface area contributed by atoms with Crippen molar-refractivity contribution in [2.75, 3.05) is 49.2 Å². The van der Waals surface area contributed by atoms with Crippen LogP contribution in [0.1, 0.15) is 130 Å². The molecule has 14 rings (SSSR count). The Hall–Kier alpha value is -5.84. The number of nitrogens with zero attached hydrogens (tertiary/aromatic N) is 4. The van der Waals surface area contributed by atoms with E-state index in [0.717, 1.165) is 85.6 Å². The number of carbonyl (C=O) groups excluding carboxylic acids is 2. The van der Waals surface area contributed by atoms with Gasteiger partial charge < -0.3 is 29.5 Å². The molecule has 476 valence electrons. The van der Waals surface area contributed by atoms with E-state index in [1.807, 2.05) is 47.2 Å². The summed E-state index contributed by atoms with van der Waals surface area (Å²) in [5.74, 6) is 0.788. The van der Waals surface area contributed by atoms with Crippen molar-refractivity contribution in [3.8, 4) is 11.5 Å². The van der Waals surface area contributed by atoms with Gasteiger partial charge in [-0.05, 0) is 196 Å². The van der Waals surface area contributed by atoms with Crippen molar-refractivity contribution in [2.24, 2.45) is 23.7 Å². The average molecular weight is 1340 g/mol. The number of hydrogen-bond donors (Lipinski definition) is 4. The molecule has 16 nitrogen and oxygen atoms in total. The number of sulfonamides is 2. The summed E-state index contributed by atoms with van der Waals surface area (Å²) in [5, 5.41) is 27.2. The van der Waals surface area contributed by atoms with Gasteiger partial charge >= 0.3 is 0 Å². The number of thiazole rings is 2. The predicted octanol–water partition coefficient (Wildman–Crippen LogP) is 11.4. The maximum absolute atomic E-state index is 13.6. The molecule has 2 spiro atoms. The third-order valence-electron chi connectivity index (χ3n) is 20.4. The fraction of sp³-hybridized carbons (Fsp3) is 0.471. The number of rotatable bonds is 4. The topological polar surface area (TPSA) is 218 Å². The van der Waals surface area contributed by atoms with Crippen LogP contribution in [0, 0.1) is 23.7 Å². The van der Waals surface area contributed by atoms with Gasteiger partial charge in [0.15, 0.2) is 0 Å². The van der Waals surface area contributed by atoms with E-state index in [4.69, 9.17) is 32.7 Å². The van der Waals surface area contributed by atoms with Crippen molar-refractivity contribution in [3.05, 3.63) is 174 Å². The summed E-state index contributed by atoms with van der Waals surface area (Å²) in [4.78, 5) is 40.4. The van der Waals surface area contributed by atoms with Gasteiger partial charge in [-0.3, -0.25) is 9.59 Å². The number of fused-ring (bicyclic) bond motifs is 8. The molecule has 6 heterocycles. The molecule has 4 aliphatic carbocycles. The highest BCUT2D eigenvalue weighted by Crippen LogP contribution is 2.49. The third-order valence-corrected chi connectivity index (χ3v) is 26.0. The molecular formula is C68H76Cl2N6O10S4. The highest BCUT2D eigenvalue weighted by atomic mass is 35.5. The van der Waals surface area contributed by atoms with Gasteiger partial charge in [0.1, 0.15) is 11.5 Å². The number of ether oxygens (including phenoxy) is 2. The van der Waals surface area contributed by atoms with E-state index in [0.29, 0.717) is 86.6 Å². The van der Waals surface area contributed by atoms with Gasteiger partial charge in [-0.25, -0.2) is 36.2 Å². The number of aliphatic hydroxyl groups is 2. The first kappa shape index (κ1) is 62.9. The lowest BCUT2D eigenvalue weighted by Gasteiger charge is -2.45. The number of benzene rings is 4. The Bertz CT molecular complexity index is 3680. The number of amides is 2. The van der Waals surface area contributed by atoms with Crippen LogP contribution < -0.4 is 28.7 Å². The summed E-state index contributed by atoms with van der Waals surface area (Å²) >= 11 is 15.6. The summed E-state index contributed by atoms with van der Waals surface area (Å²) in [6, 6.07) is 22.7. The van der Waals surface area contributed by atoms with Gasteiger partial charge in [-0.2, -0.15) is 0 Å². The van der Waals surface area contributed by atoms with E-state index < -0.39 is 54.6 Å². The lowest BCUT2D eigenvalue weighted by molar-refractivity contribution is 0.0454. The molecule has 2 amide bonds. The number of nitrogens with one attached hydrogen (secondary N) is 2. The second-order valence-electron chi connectivity index (χ2n) is 26.0. The van der Waals surface area contributed by atoms with Crippen LogP contribution in [0.5, 0.6) is 11.5 Å². The van der Waals surface area contributed by atoms with Gasteiger partial charge in [-0.15, -0.1) is 22.7 Å². The van der Waals surface area contributed by atoms with Gasteiger partial charge in [0.25, 0.3) is 11.8 Å². The molecule has 0 radical (unpaired) electrons. The quantitative estimate of drug-likeness (QED) is 0.121. The SMILES string of the molecule is O=C1NS(=O)(=O)[C@@H](Cc2nccs2)CC/C=C\[C@H](O)[C@@H]2CC[C@H]2CN2C[C@@]3(CCCc4cc(Cl)ccc43)COc3ccc1cc32.O=C1NS(=O)(=O)[C@H](Cc2nccs2)CC/C=C\[C@H](O)[C@@H]2CC[C@H]2CN2C[C@@]3(CCCc4cc(Cl)ccc43)COc3ccc1cc32. The van der Waals surface area contributed by atoms with Gasteiger partial charge in [0, 0.05) is 94.2 Å². The van der Waals surface area contributed by atoms with Crippen LogP contribution in [0.25, 0.3) is 0 Å². The number of carbonyl (C=O) groups is 2. The highest BCUT2D eigenvalue weighted by molar-refractivity contribution is 7.91. The normalized spacial score (nSPS) is 30.2. The van der Waals surface area contributed by atoms with Crippen molar-refractivity contribution in [2.45, 2.75) is 136 Å². The fourth-order valence-corrected chi connectivity index (χ4v) is 20.0. The summed E-state index contributed by atoms with van der Waals surface area (Å²) in [6.45, 7) is 3.75. The minimum atomic E-state index is -4.03. The predicted molar refractivity (Wildman–Crippen MR) is 354 cm³/mol. The minimum Gasteiger partial charge on any atom is -0.490 e. The molecule has 0 saturated heterocycles. The molecule has 4 aromatic carbocycles. The zero-order valence-electron chi connectivity index (χ0n) is 50.1. The molecule has 8 aliphatic rings. The van der Waals surface area contributed by atoms with Crippen LogP contribution in [0.15, 0.2) is 120 Å². The Morgan fingerprint density at radius 2 is 1.03 bits per heavy atom. The first-order valence-electron chi connectivity index (χ1n) is 31.6. The van der Waals surface area contributed by atoms with E-state index in [1.165, 1.54) is 44.9 Å². The van der Waals surface area contributed by atoms with Crippen LogP contribution in [-0.2, 0) is 56.6 Å². The summed E-state index contributed by atoms with van der Waals surface area (Å²) in [5.41, 5.74) is 6.54. The molecule has 4 N–H and O–H groups in total. The van der Waals surface area contributed by atoms with E-state index in [1.54, 1.807) is 48.8 Å². The first-order valence-corrected chi connectivity index (χ1v) is 37.2. The summed E-state index contributed by atoms with van der Waals surface area (Å²) in [6.07, 6.45) is 21.3. The van der Waals surface area contributed by atoms with E-state index >= 15 is 0 Å². The van der Waals surface area contributed by atoms with Crippen molar-refractivity contribution >= 4 is 89.1 Å². The lowest BCUT2D eigenvalue weighted by Crippen LogP contribution is -2.49. The van der Waals surface area contributed by atoms with Crippen molar-refractivity contribution < 1.29 is 46.1 Å². The van der Waals surface area contributed by atoms with Crippen LogP contribution in [0.2, 0.25) is 10.0 Å². The number of aryl methyl sites for hydroxylation is 2. The number of allylic oxidation sites excluding steroid dienone is 2. The Labute approximate surface area is 545 Å².